The number of amides is 1. The van der Waals surface area contributed by atoms with Crippen LogP contribution in [0.15, 0.2) is 47.8 Å². The highest BCUT2D eigenvalue weighted by molar-refractivity contribution is 7.13. The van der Waals surface area contributed by atoms with Crippen molar-refractivity contribution in [1.29, 1.82) is 0 Å². The van der Waals surface area contributed by atoms with E-state index in [1.54, 1.807) is 23.1 Å². The number of pyridine rings is 1. The van der Waals surface area contributed by atoms with Crippen LogP contribution < -0.4 is 10.1 Å². The first-order valence-electron chi connectivity index (χ1n) is 8.86. The van der Waals surface area contributed by atoms with Crippen LogP contribution in [0.2, 0.25) is 0 Å². The average Bonchev–Trinajstić information content (AvgIpc) is 3.34. The summed E-state index contributed by atoms with van der Waals surface area (Å²) in [7, 11) is 3.47. The molecule has 142 valence electrons. The number of carbonyl (C=O) groups is 1. The van der Waals surface area contributed by atoms with Crippen LogP contribution in [-0.2, 0) is 13.6 Å². The molecule has 0 atom stereocenters. The molecule has 4 rings (SSSR count). The minimum Gasteiger partial charge on any atom is -0.497 e. The van der Waals surface area contributed by atoms with E-state index in [4.69, 9.17) is 9.72 Å². The molecule has 0 bridgehead atoms. The molecule has 28 heavy (non-hydrogen) atoms. The summed E-state index contributed by atoms with van der Waals surface area (Å²) in [4.78, 5) is 18.8. The van der Waals surface area contributed by atoms with Gasteiger partial charge >= 0.3 is 0 Å². The molecule has 0 aliphatic rings. The number of aromatic nitrogens is 3. The fourth-order valence-corrected chi connectivity index (χ4v) is 3.92. The topological polar surface area (TPSA) is 69.0 Å². The van der Waals surface area contributed by atoms with Gasteiger partial charge in [-0.2, -0.15) is 5.10 Å². The number of aryl methyl sites for hydroxylation is 2. The lowest BCUT2D eigenvalue weighted by Crippen LogP contribution is -2.23. The Hall–Kier alpha value is -3.19. The molecule has 0 radical (unpaired) electrons. The first-order chi connectivity index (χ1) is 13.6. The van der Waals surface area contributed by atoms with Gasteiger partial charge in [-0.1, -0.05) is 18.2 Å². The van der Waals surface area contributed by atoms with Crippen molar-refractivity contribution < 1.29 is 9.53 Å². The summed E-state index contributed by atoms with van der Waals surface area (Å²) in [5.74, 6) is 0.616. The molecule has 4 aromatic rings. The van der Waals surface area contributed by atoms with E-state index in [0.717, 1.165) is 33.0 Å². The van der Waals surface area contributed by atoms with Crippen LogP contribution >= 0.6 is 11.3 Å². The van der Waals surface area contributed by atoms with Crippen LogP contribution in [0.1, 0.15) is 21.6 Å². The third kappa shape index (κ3) is 3.36. The Bertz CT molecular complexity index is 1150. The normalized spacial score (nSPS) is 11.0. The monoisotopic (exact) mass is 392 g/mol. The number of benzene rings is 1. The van der Waals surface area contributed by atoms with Crippen LogP contribution in [0.3, 0.4) is 0 Å². The predicted octanol–water partition coefficient (Wildman–Crippen LogP) is 3.94. The highest BCUT2D eigenvalue weighted by Gasteiger charge is 2.19. The molecule has 7 heteroatoms. The molecule has 0 unspecified atom stereocenters. The fraction of sp³-hybridized carbons (Fsp3) is 0.190. The Morgan fingerprint density at radius 3 is 2.86 bits per heavy atom. The second-order valence-corrected chi connectivity index (χ2v) is 7.42. The number of fused-ring (bicyclic) bond motifs is 1. The first-order valence-corrected chi connectivity index (χ1v) is 9.74. The Kier molecular flexibility index (Phi) is 4.83. The maximum atomic E-state index is 13.1. The molecule has 0 saturated heterocycles. The molecule has 3 heterocycles. The second-order valence-electron chi connectivity index (χ2n) is 6.47. The lowest BCUT2D eigenvalue weighted by molar-refractivity contribution is 0.0952. The molecule has 1 N–H and O–H groups in total. The van der Waals surface area contributed by atoms with Crippen LogP contribution in [0, 0.1) is 6.92 Å². The molecule has 0 aliphatic heterocycles. The molecule has 6 nitrogen and oxygen atoms in total. The van der Waals surface area contributed by atoms with E-state index < -0.39 is 0 Å². The van der Waals surface area contributed by atoms with Crippen molar-refractivity contribution in [3.63, 3.8) is 0 Å². The van der Waals surface area contributed by atoms with E-state index >= 15 is 0 Å². The third-order valence-electron chi connectivity index (χ3n) is 4.57. The summed E-state index contributed by atoms with van der Waals surface area (Å²) in [6, 6.07) is 13.5. The average molecular weight is 392 g/mol. The van der Waals surface area contributed by atoms with Gasteiger partial charge in [-0.3, -0.25) is 9.48 Å². The Morgan fingerprint density at radius 1 is 1.25 bits per heavy atom. The predicted molar refractivity (Wildman–Crippen MR) is 111 cm³/mol. The number of methoxy groups -OCH3 is 1. The maximum absolute atomic E-state index is 13.1. The fourth-order valence-electron chi connectivity index (χ4n) is 3.23. The summed E-state index contributed by atoms with van der Waals surface area (Å²) in [6.07, 6.45) is 0. The van der Waals surface area contributed by atoms with Crippen LogP contribution in [0.5, 0.6) is 5.75 Å². The van der Waals surface area contributed by atoms with Gasteiger partial charge in [-0.25, -0.2) is 4.98 Å². The van der Waals surface area contributed by atoms with Gasteiger partial charge in [0.25, 0.3) is 5.91 Å². The molecule has 1 amide bonds. The van der Waals surface area contributed by atoms with Crippen molar-refractivity contribution in [3.8, 4) is 16.3 Å². The summed E-state index contributed by atoms with van der Waals surface area (Å²) in [5, 5.41) is 10.3. The largest absolute Gasteiger partial charge is 0.497 e. The number of nitrogens with one attached hydrogen (secondary N) is 1. The maximum Gasteiger partial charge on any atom is 0.252 e. The molecule has 0 aliphatic carbocycles. The van der Waals surface area contributed by atoms with Gasteiger partial charge in [0.15, 0.2) is 5.65 Å². The Labute approximate surface area is 166 Å². The van der Waals surface area contributed by atoms with E-state index in [1.807, 2.05) is 61.8 Å². The number of thiophene rings is 1. The number of rotatable bonds is 5. The zero-order valence-corrected chi connectivity index (χ0v) is 16.7. The van der Waals surface area contributed by atoms with Gasteiger partial charge in [0.05, 0.1) is 34.3 Å². The van der Waals surface area contributed by atoms with Crippen molar-refractivity contribution >= 4 is 28.3 Å². The third-order valence-corrected chi connectivity index (χ3v) is 5.47. The van der Waals surface area contributed by atoms with Gasteiger partial charge < -0.3 is 10.1 Å². The summed E-state index contributed by atoms with van der Waals surface area (Å²) >= 11 is 1.59. The SMILES string of the molecule is COc1cccc(CNC(=O)c2cc(-c3cccs3)nc3c2c(C)nn3C)c1. The Balaban J connectivity index is 1.71. The second kappa shape index (κ2) is 7.44. The van der Waals surface area contributed by atoms with Crippen molar-refractivity contribution in [1.82, 2.24) is 20.1 Å². The van der Waals surface area contributed by atoms with Gasteiger partial charge in [0.1, 0.15) is 5.75 Å². The molecule has 3 aromatic heterocycles. The summed E-state index contributed by atoms with van der Waals surface area (Å²) in [5.41, 5.74) is 3.82. The van der Waals surface area contributed by atoms with E-state index in [0.29, 0.717) is 17.8 Å². The van der Waals surface area contributed by atoms with Gasteiger partial charge in [-0.05, 0) is 42.1 Å². The summed E-state index contributed by atoms with van der Waals surface area (Å²) < 4.78 is 6.97. The quantitative estimate of drug-likeness (QED) is 0.558. The molecule has 0 saturated carbocycles. The zero-order valence-electron chi connectivity index (χ0n) is 15.9. The molecular formula is C21H20N4O2S. The van der Waals surface area contributed by atoms with Crippen LogP contribution in [-0.4, -0.2) is 27.8 Å². The lowest BCUT2D eigenvalue weighted by Gasteiger charge is -2.09. The minimum absolute atomic E-state index is 0.149. The first kappa shape index (κ1) is 18.2. The molecular weight excluding hydrogens is 372 g/mol. The highest BCUT2D eigenvalue weighted by atomic mass is 32.1. The van der Waals surface area contributed by atoms with Gasteiger partial charge in [-0.15, -0.1) is 11.3 Å². The molecule has 0 spiro atoms. The molecule has 1 aromatic carbocycles. The van der Waals surface area contributed by atoms with E-state index in [9.17, 15) is 4.79 Å². The van der Waals surface area contributed by atoms with Crippen LogP contribution in [0.25, 0.3) is 21.6 Å². The van der Waals surface area contributed by atoms with Crippen LogP contribution in [0.4, 0.5) is 0 Å². The van der Waals surface area contributed by atoms with Crippen molar-refractivity contribution in [2.24, 2.45) is 7.05 Å². The number of nitrogens with zero attached hydrogens (tertiary/aromatic N) is 3. The smallest absolute Gasteiger partial charge is 0.252 e. The standard InChI is InChI=1S/C21H20N4O2S/c1-13-19-16(21(26)22-12-14-6-4-7-15(10-14)27-3)11-17(18-8-5-9-28-18)23-20(19)25(2)24-13/h4-11H,12H2,1-3H3,(H,22,26). The highest BCUT2D eigenvalue weighted by Crippen LogP contribution is 2.29. The Morgan fingerprint density at radius 2 is 2.11 bits per heavy atom. The van der Waals surface area contributed by atoms with Crippen molar-refractivity contribution in [3.05, 3.63) is 64.7 Å². The summed E-state index contributed by atoms with van der Waals surface area (Å²) in [6.45, 7) is 2.31. The van der Waals surface area contributed by atoms with E-state index in [1.165, 1.54) is 0 Å². The van der Waals surface area contributed by atoms with Gasteiger partial charge in [0, 0.05) is 13.6 Å². The number of hydrogen-bond donors (Lipinski definition) is 1. The number of carbonyl (C=O) groups excluding carboxylic acids is 1. The molecule has 0 fully saturated rings. The lowest BCUT2D eigenvalue weighted by atomic mass is 10.1. The van der Waals surface area contributed by atoms with Crippen molar-refractivity contribution in [2.45, 2.75) is 13.5 Å². The number of hydrogen-bond acceptors (Lipinski definition) is 5. The van der Waals surface area contributed by atoms with E-state index in [2.05, 4.69) is 10.4 Å². The number of ether oxygens (including phenoxy) is 1. The van der Waals surface area contributed by atoms with Crippen molar-refractivity contribution in [2.75, 3.05) is 7.11 Å². The minimum atomic E-state index is -0.149. The van der Waals surface area contributed by atoms with Gasteiger partial charge in [0.2, 0.25) is 0 Å². The van der Waals surface area contributed by atoms with E-state index in [-0.39, 0.29) is 5.91 Å². The zero-order chi connectivity index (χ0) is 19.7.